The lowest BCUT2D eigenvalue weighted by atomic mass is 10.1. The fourth-order valence-electron chi connectivity index (χ4n) is 2.63. The van der Waals surface area contributed by atoms with Crippen LogP contribution in [0.15, 0.2) is 18.3 Å². The molecular formula is C15H19N3O4S. The number of hydrogen-bond acceptors (Lipinski definition) is 5. The molecule has 3 rings (SSSR count). The molecule has 1 unspecified atom stereocenters. The van der Waals surface area contributed by atoms with Gasteiger partial charge in [-0.1, -0.05) is 0 Å². The molecule has 0 spiro atoms. The molecule has 23 heavy (non-hydrogen) atoms. The van der Waals surface area contributed by atoms with Crippen LogP contribution >= 0.6 is 0 Å². The monoisotopic (exact) mass is 337 g/mol. The predicted octanol–water partition coefficient (Wildman–Crippen LogP) is 0.233. The minimum absolute atomic E-state index is 0.00462. The Kier molecular flexibility index (Phi) is 4.09. The van der Waals surface area contributed by atoms with Gasteiger partial charge < -0.3 is 10.2 Å². The summed E-state index contributed by atoms with van der Waals surface area (Å²) in [6, 6.07) is 2.90. The Bertz CT molecular complexity index is 743. The van der Waals surface area contributed by atoms with E-state index in [1.165, 1.54) is 23.2 Å². The summed E-state index contributed by atoms with van der Waals surface area (Å²) in [4.78, 5) is 30.0. The van der Waals surface area contributed by atoms with Crippen molar-refractivity contribution < 1.29 is 18.0 Å². The number of amides is 2. The van der Waals surface area contributed by atoms with E-state index in [0.717, 1.165) is 12.8 Å². The number of rotatable bonds is 4. The Labute approximate surface area is 135 Å². The smallest absolute Gasteiger partial charge is 0.270 e. The molecular weight excluding hydrogens is 318 g/mol. The third kappa shape index (κ3) is 3.69. The van der Waals surface area contributed by atoms with Crippen LogP contribution in [0.4, 0.5) is 0 Å². The van der Waals surface area contributed by atoms with E-state index in [9.17, 15) is 18.0 Å². The molecule has 2 fully saturated rings. The Balaban J connectivity index is 1.72. The number of pyridine rings is 1. The second kappa shape index (κ2) is 5.92. The van der Waals surface area contributed by atoms with Crippen LogP contribution < -0.4 is 5.32 Å². The summed E-state index contributed by atoms with van der Waals surface area (Å²) < 4.78 is 23.1. The van der Waals surface area contributed by atoms with Crippen LogP contribution in [-0.2, 0) is 9.84 Å². The standard InChI is InChI=1S/C15H19N3O4S/c1-18(12-5-7-23(21,22)9-12)15(20)10-4-6-16-13(8-10)14(19)17-11-2-3-11/h4,6,8,11-12H,2-3,5,7,9H2,1H3,(H,17,19). The molecule has 0 bridgehead atoms. The molecule has 1 atom stereocenters. The number of sulfone groups is 1. The van der Waals surface area contributed by atoms with Gasteiger partial charge in [0.15, 0.2) is 9.84 Å². The van der Waals surface area contributed by atoms with Crippen molar-refractivity contribution in [3.63, 3.8) is 0 Å². The van der Waals surface area contributed by atoms with Gasteiger partial charge in [0.05, 0.1) is 11.5 Å². The van der Waals surface area contributed by atoms with E-state index in [0.29, 0.717) is 12.0 Å². The summed E-state index contributed by atoms with van der Waals surface area (Å²) in [6.07, 6.45) is 3.82. The molecule has 2 amide bonds. The first-order valence-corrected chi connectivity index (χ1v) is 9.42. The maximum atomic E-state index is 12.5. The molecule has 124 valence electrons. The van der Waals surface area contributed by atoms with Crippen molar-refractivity contribution >= 4 is 21.7 Å². The molecule has 2 aliphatic rings. The van der Waals surface area contributed by atoms with Gasteiger partial charge in [0.2, 0.25) is 0 Å². The number of carbonyl (C=O) groups excluding carboxylic acids is 2. The van der Waals surface area contributed by atoms with Gasteiger partial charge in [0.25, 0.3) is 11.8 Å². The van der Waals surface area contributed by atoms with Crippen molar-refractivity contribution in [2.45, 2.75) is 31.3 Å². The van der Waals surface area contributed by atoms with Crippen molar-refractivity contribution in [2.75, 3.05) is 18.6 Å². The van der Waals surface area contributed by atoms with Crippen molar-refractivity contribution in [3.05, 3.63) is 29.6 Å². The molecule has 1 saturated carbocycles. The molecule has 1 N–H and O–H groups in total. The minimum Gasteiger partial charge on any atom is -0.348 e. The quantitative estimate of drug-likeness (QED) is 0.848. The maximum absolute atomic E-state index is 12.5. The van der Waals surface area contributed by atoms with Crippen molar-refractivity contribution in [1.82, 2.24) is 15.2 Å². The zero-order valence-electron chi connectivity index (χ0n) is 12.9. The number of nitrogens with zero attached hydrogens (tertiary/aromatic N) is 2. The highest BCUT2D eigenvalue weighted by atomic mass is 32.2. The average molecular weight is 337 g/mol. The van der Waals surface area contributed by atoms with Crippen molar-refractivity contribution in [1.29, 1.82) is 0 Å². The topological polar surface area (TPSA) is 96.4 Å². The van der Waals surface area contributed by atoms with Gasteiger partial charge in [-0.2, -0.15) is 0 Å². The Morgan fingerprint density at radius 3 is 2.65 bits per heavy atom. The van der Waals surface area contributed by atoms with Gasteiger partial charge >= 0.3 is 0 Å². The molecule has 1 aromatic heterocycles. The van der Waals surface area contributed by atoms with E-state index >= 15 is 0 Å². The Hall–Kier alpha value is -1.96. The molecule has 8 heteroatoms. The van der Waals surface area contributed by atoms with Crippen LogP contribution in [0.3, 0.4) is 0 Å². The van der Waals surface area contributed by atoms with Crippen LogP contribution in [0, 0.1) is 0 Å². The Morgan fingerprint density at radius 1 is 1.30 bits per heavy atom. The lowest BCUT2D eigenvalue weighted by molar-refractivity contribution is 0.0747. The lowest BCUT2D eigenvalue weighted by Gasteiger charge is -2.23. The molecule has 1 aromatic rings. The van der Waals surface area contributed by atoms with Crippen LogP contribution in [0.5, 0.6) is 0 Å². The predicted molar refractivity (Wildman–Crippen MR) is 83.9 cm³/mol. The highest BCUT2D eigenvalue weighted by Crippen LogP contribution is 2.20. The molecule has 2 heterocycles. The first-order chi connectivity index (χ1) is 10.9. The summed E-state index contributed by atoms with van der Waals surface area (Å²) in [7, 11) is -1.46. The molecule has 7 nitrogen and oxygen atoms in total. The van der Waals surface area contributed by atoms with Crippen LogP contribution in [0.1, 0.15) is 40.1 Å². The number of hydrogen-bond donors (Lipinski definition) is 1. The fourth-order valence-corrected chi connectivity index (χ4v) is 4.40. The largest absolute Gasteiger partial charge is 0.348 e. The second-order valence-electron chi connectivity index (χ2n) is 6.15. The average Bonchev–Trinajstić information content (AvgIpc) is 3.26. The first kappa shape index (κ1) is 15.9. The first-order valence-electron chi connectivity index (χ1n) is 7.60. The van der Waals surface area contributed by atoms with Gasteiger partial charge in [-0.3, -0.25) is 14.6 Å². The third-order valence-electron chi connectivity index (χ3n) is 4.23. The summed E-state index contributed by atoms with van der Waals surface area (Å²) in [5, 5.41) is 2.83. The summed E-state index contributed by atoms with van der Waals surface area (Å²) >= 11 is 0. The molecule has 1 aliphatic carbocycles. The van der Waals surface area contributed by atoms with E-state index in [-0.39, 0.29) is 41.1 Å². The molecule has 1 saturated heterocycles. The number of aromatic nitrogens is 1. The molecule has 0 aromatic carbocycles. The highest BCUT2D eigenvalue weighted by Gasteiger charge is 2.33. The number of nitrogens with one attached hydrogen (secondary N) is 1. The summed E-state index contributed by atoms with van der Waals surface area (Å²) in [6.45, 7) is 0. The van der Waals surface area contributed by atoms with Crippen molar-refractivity contribution in [3.8, 4) is 0 Å². The normalized spacial score (nSPS) is 22.6. The van der Waals surface area contributed by atoms with Crippen molar-refractivity contribution in [2.24, 2.45) is 0 Å². The Morgan fingerprint density at radius 2 is 2.04 bits per heavy atom. The van der Waals surface area contributed by atoms with E-state index in [1.54, 1.807) is 7.05 Å². The maximum Gasteiger partial charge on any atom is 0.270 e. The van der Waals surface area contributed by atoms with Gasteiger partial charge in [-0.25, -0.2) is 8.42 Å². The minimum atomic E-state index is -3.05. The zero-order valence-corrected chi connectivity index (χ0v) is 13.7. The molecule has 0 radical (unpaired) electrons. The summed E-state index contributed by atoms with van der Waals surface area (Å²) in [5.41, 5.74) is 0.544. The fraction of sp³-hybridized carbons (Fsp3) is 0.533. The molecule has 1 aliphatic heterocycles. The van der Waals surface area contributed by atoms with Crippen LogP contribution in [0.2, 0.25) is 0 Å². The van der Waals surface area contributed by atoms with Crippen LogP contribution in [0.25, 0.3) is 0 Å². The number of carbonyl (C=O) groups is 2. The summed E-state index contributed by atoms with van der Waals surface area (Å²) in [5.74, 6) is -0.473. The van der Waals surface area contributed by atoms with Crippen LogP contribution in [-0.4, -0.2) is 60.8 Å². The third-order valence-corrected chi connectivity index (χ3v) is 5.98. The van der Waals surface area contributed by atoms with E-state index in [1.807, 2.05) is 0 Å². The lowest BCUT2D eigenvalue weighted by Crippen LogP contribution is -2.38. The SMILES string of the molecule is CN(C(=O)c1ccnc(C(=O)NC2CC2)c1)C1CCS(=O)(=O)C1. The van der Waals surface area contributed by atoms with E-state index in [2.05, 4.69) is 10.3 Å². The van der Waals surface area contributed by atoms with E-state index < -0.39 is 9.84 Å². The second-order valence-corrected chi connectivity index (χ2v) is 8.38. The van der Waals surface area contributed by atoms with Gasteiger partial charge in [0, 0.05) is 30.9 Å². The highest BCUT2D eigenvalue weighted by molar-refractivity contribution is 7.91. The van der Waals surface area contributed by atoms with Gasteiger partial charge in [0.1, 0.15) is 5.69 Å². The van der Waals surface area contributed by atoms with E-state index in [4.69, 9.17) is 0 Å². The zero-order chi connectivity index (χ0) is 16.6. The van der Waals surface area contributed by atoms with Gasteiger partial charge in [-0.15, -0.1) is 0 Å². The van der Waals surface area contributed by atoms with Gasteiger partial charge in [-0.05, 0) is 31.4 Å².